The van der Waals surface area contributed by atoms with Gasteiger partial charge in [0.05, 0.1) is 17.1 Å². The van der Waals surface area contributed by atoms with Crippen molar-refractivity contribution in [3.05, 3.63) is 40.6 Å². The van der Waals surface area contributed by atoms with Crippen molar-refractivity contribution in [2.45, 2.75) is 11.4 Å². The maximum Gasteiger partial charge on any atom is 0.238 e. The van der Waals surface area contributed by atoms with E-state index in [0.29, 0.717) is 6.54 Å². The molecule has 5 nitrogen and oxygen atoms in total. The normalized spacial score (nSPS) is 11.4. The number of aromatic nitrogens is 1. The maximum absolute atomic E-state index is 13.6. The fourth-order valence-electron chi connectivity index (χ4n) is 1.33. The standard InChI is InChI=1S/C10H10FN3O2S2/c11-8-5-7(18(12,15)16)1-2-9(8)14-6-10-13-3-4-17-10/h1-5,14H,6H2,(H2,12,15,16). The van der Waals surface area contributed by atoms with Gasteiger partial charge in [-0.1, -0.05) is 0 Å². The lowest BCUT2D eigenvalue weighted by Gasteiger charge is -2.07. The van der Waals surface area contributed by atoms with E-state index in [0.717, 1.165) is 11.1 Å². The molecule has 0 atom stereocenters. The number of nitrogens with zero attached hydrogens (tertiary/aromatic N) is 1. The summed E-state index contributed by atoms with van der Waals surface area (Å²) < 4.78 is 35.7. The number of rotatable bonds is 4. The summed E-state index contributed by atoms with van der Waals surface area (Å²) >= 11 is 1.44. The number of primary sulfonamides is 1. The van der Waals surface area contributed by atoms with Gasteiger partial charge in [0, 0.05) is 11.6 Å². The van der Waals surface area contributed by atoms with Crippen LogP contribution in [0.25, 0.3) is 0 Å². The molecule has 96 valence electrons. The molecular formula is C10H10FN3O2S2. The summed E-state index contributed by atoms with van der Waals surface area (Å²) in [4.78, 5) is 3.79. The first-order valence-corrected chi connectivity index (χ1v) is 7.34. The molecule has 18 heavy (non-hydrogen) atoms. The summed E-state index contributed by atoms with van der Waals surface area (Å²) in [5.41, 5.74) is 0.206. The Bertz CT molecular complexity index is 641. The minimum absolute atomic E-state index is 0.206. The Kier molecular flexibility index (Phi) is 3.60. The molecular weight excluding hydrogens is 277 g/mol. The van der Waals surface area contributed by atoms with Gasteiger partial charge in [0.2, 0.25) is 10.0 Å². The van der Waals surface area contributed by atoms with Crippen LogP contribution in [-0.2, 0) is 16.6 Å². The number of nitrogens with one attached hydrogen (secondary N) is 1. The zero-order chi connectivity index (χ0) is 13.2. The molecule has 2 aromatic rings. The SMILES string of the molecule is NS(=O)(=O)c1ccc(NCc2nccs2)c(F)c1. The Morgan fingerprint density at radius 3 is 2.78 bits per heavy atom. The third-order valence-electron chi connectivity index (χ3n) is 2.18. The van der Waals surface area contributed by atoms with E-state index in [1.54, 1.807) is 6.20 Å². The summed E-state index contributed by atoms with van der Waals surface area (Å²) in [7, 11) is -3.88. The van der Waals surface area contributed by atoms with Crippen molar-refractivity contribution in [1.29, 1.82) is 0 Å². The molecule has 0 radical (unpaired) electrons. The fourth-order valence-corrected chi connectivity index (χ4v) is 2.41. The smallest absolute Gasteiger partial charge is 0.238 e. The van der Waals surface area contributed by atoms with Crippen LogP contribution >= 0.6 is 11.3 Å². The van der Waals surface area contributed by atoms with E-state index in [4.69, 9.17) is 5.14 Å². The van der Waals surface area contributed by atoms with Gasteiger partial charge in [-0.25, -0.2) is 22.9 Å². The maximum atomic E-state index is 13.6. The number of sulfonamides is 1. The lowest BCUT2D eigenvalue weighted by atomic mass is 10.3. The van der Waals surface area contributed by atoms with Crippen LogP contribution < -0.4 is 10.5 Å². The number of hydrogen-bond acceptors (Lipinski definition) is 5. The molecule has 2 rings (SSSR count). The van der Waals surface area contributed by atoms with Crippen LogP contribution in [0.5, 0.6) is 0 Å². The Hall–Kier alpha value is -1.51. The summed E-state index contributed by atoms with van der Waals surface area (Å²) in [6.07, 6.45) is 1.65. The molecule has 3 N–H and O–H groups in total. The van der Waals surface area contributed by atoms with Crippen molar-refractivity contribution in [3.63, 3.8) is 0 Å². The average molecular weight is 287 g/mol. The van der Waals surface area contributed by atoms with Gasteiger partial charge in [-0.15, -0.1) is 11.3 Å². The highest BCUT2D eigenvalue weighted by Crippen LogP contribution is 2.19. The Morgan fingerprint density at radius 2 is 2.22 bits per heavy atom. The number of halogens is 1. The third-order valence-corrected chi connectivity index (χ3v) is 3.87. The molecule has 0 unspecified atom stereocenters. The number of nitrogens with two attached hydrogens (primary N) is 1. The van der Waals surface area contributed by atoms with Crippen molar-refractivity contribution in [2.75, 3.05) is 5.32 Å². The third kappa shape index (κ3) is 3.03. The zero-order valence-electron chi connectivity index (χ0n) is 9.13. The van der Waals surface area contributed by atoms with Crippen LogP contribution in [0.4, 0.5) is 10.1 Å². The topological polar surface area (TPSA) is 85.1 Å². The number of anilines is 1. The molecule has 0 saturated carbocycles. The largest absolute Gasteiger partial charge is 0.376 e. The zero-order valence-corrected chi connectivity index (χ0v) is 10.8. The molecule has 0 amide bonds. The van der Waals surface area contributed by atoms with Crippen molar-refractivity contribution < 1.29 is 12.8 Å². The van der Waals surface area contributed by atoms with E-state index in [9.17, 15) is 12.8 Å². The van der Waals surface area contributed by atoms with E-state index in [1.807, 2.05) is 5.38 Å². The number of thiazole rings is 1. The number of hydrogen-bond donors (Lipinski definition) is 2. The highest BCUT2D eigenvalue weighted by molar-refractivity contribution is 7.89. The first-order valence-electron chi connectivity index (χ1n) is 4.91. The molecule has 1 aromatic heterocycles. The average Bonchev–Trinajstić information content (AvgIpc) is 2.79. The van der Waals surface area contributed by atoms with E-state index in [2.05, 4.69) is 10.3 Å². The van der Waals surface area contributed by atoms with Crippen molar-refractivity contribution in [3.8, 4) is 0 Å². The summed E-state index contributed by atoms with van der Waals surface area (Å²) in [6.45, 7) is 0.378. The van der Waals surface area contributed by atoms with Crippen LogP contribution in [0.1, 0.15) is 5.01 Å². The fraction of sp³-hybridized carbons (Fsp3) is 0.100. The Morgan fingerprint density at radius 1 is 1.44 bits per heavy atom. The van der Waals surface area contributed by atoms with Gasteiger partial charge in [0.1, 0.15) is 10.8 Å². The van der Waals surface area contributed by atoms with Crippen molar-refractivity contribution in [1.82, 2.24) is 4.98 Å². The number of benzene rings is 1. The minimum Gasteiger partial charge on any atom is -0.376 e. The molecule has 1 aromatic carbocycles. The second-order valence-corrected chi connectivity index (χ2v) is 6.01. The highest BCUT2D eigenvalue weighted by Gasteiger charge is 2.11. The van der Waals surface area contributed by atoms with Gasteiger partial charge in [-0.3, -0.25) is 0 Å². The van der Waals surface area contributed by atoms with Crippen LogP contribution in [0, 0.1) is 5.82 Å². The first-order chi connectivity index (χ1) is 8.47. The molecule has 0 saturated heterocycles. The quantitative estimate of drug-likeness (QED) is 0.893. The lowest BCUT2D eigenvalue weighted by molar-refractivity contribution is 0.593. The predicted molar refractivity (Wildman–Crippen MR) is 67.2 cm³/mol. The summed E-state index contributed by atoms with van der Waals surface area (Å²) in [5, 5.41) is 10.4. The van der Waals surface area contributed by atoms with Gasteiger partial charge < -0.3 is 5.32 Å². The van der Waals surface area contributed by atoms with Crippen LogP contribution in [0.2, 0.25) is 0 Å². The Balaban J connectivity index is 2.15. The van der Waals surface area contributed by atoms with E-state index in [1.165, 1.54) is 23.5 Å². The van der Waals surface area contributed by atoms with E-state index >= 15 is 0 Å². The molecule has 0 spiro atoms. The highest BCUT2D eigenvalue weighted by atomic mass is 32.2. The second-order valence-electron chi connectivity index (χ2n) is 3.47. The summed E-state index contributed by atoms with van der Waals surface area (Å²) in [6, 6.07) is 3.48. The predicted octanol–water partition coefficient (Wildman–Crippen LogP) is 1.54. The monoisotopic (exact) mass is 287 g/mol. The molecule has 0 bridgehead atoms. The van der Waals surface area contributed by atoms with Gasteiger partial charge in [0.25, 0.3) is 0 Å². The molecule has 0 aliphatic heterocycles. The molecule has 1 heterocycles. The lowest BCUT2D eigenvalue weighted by Crippen LogP contribution is -2.12. The van der Waals surface area contributed by atoms with Gasteiger partial charge in [-0.2, -0.15) is 0 Å². The van der Waals surface area contributed by atoms with Gasteiger partial charge in [-0.05, 0) is 18.2 Å². The minimum atomic E-state index is -3.88. The first kappa shape index (κ1) is 12.9. The van der Waals surface area contributed by atoms with Crippen LogP contribution in [-0.4, -0.2) is 13.4 Å². The Labute approximate surface area is 108 Å². The second kappa shape index (κ2) is 5.01. The summed E-state index contributed by atoms with van der Waals surface area (Å²) in [5.74, 6) is -0.668. The molecule has 8 heteroatoms. The molecule has 0 aliphatic carbocycles. The van der Waals surface area contributed by atoms with E-state index in [-0.39, 0.29) is 10.6 Å². The molecule has 0 aliphatic rings. The van der Waals surface area contributed by atoms with Crippen LogP contribution in [0.3, 0.4) is 0 Å². The molecule has 0 fully saturated rings. The van der Waals surface area contributed by atoms with Gasteiger partial charge >= 0.3 is 0 Å². The van der Waals surface area contributed by atoms with Crippen LogP contribution in [0.15, 0.2) is 34.7 Å². The van der Waals surface area contributed by atoms with Crippen molar-refractivity contribution >= 4 is 27.0 Å². The van der Waals surface area contributed by atoms with E-state index < -0.39 is 15.8 Å². The van der Waals surface area contributed by atoms with Crippen molar-refractivity contribution in [2.24, 2.45) is 5.14 Å². The van der Waals surface area contributed by atoms with Gasteiger partial charge in [0.15, 0.2) is 0 Å².